The molecule has 134 valence electrons. The van der Waals surface area contributed by atoms with Crippen LogP contribution >= 0.6 is 0 Å². The van der Waals surface area contributed by atoms with E-state index in [2.05, 4.69) is 33.4 Å². The smallest absolute Gasteiger partial charge is 0.102 e. The minimum absolute atomic E-state index is 0.180. The molecule has 0 aromatic carbocycles. The number of allylic oxidation sites excluding steroid dienone is 5. The van der Waals surface area contributed by atoms with Gasteiger partial charge in [0, 0.05) is 0 Å². The molecule has 0 bridgehead atoms. The zero-order valence-corrected chi connectivity index (χ0v) is 15.8. The molecule has 2 aliphatic rings. The first-order valence-electron chi connectivity index (χ1n) is 9.41. The lowest BCUT2D eigenvalue weighted by Gasteiger charge is -2.47. The van der Waals surface area contributed by atoms with Gasteiger partial charge in [-0.2, -0.15) is 0 Å². The van der Waals surface area contributed by atoms with Crippen molar-refractivity contribution in [2.45, 2.75) is 72.3 Å². The molecule has 2 heteroatoms. The van der Waals surface area contributed by atoms with Gasteiger partial charge in [-0.15, -0.1) is 0 Å². The van der Waals surface area contributed by atoms with Crippen LogP contribution in [0, 0.1) is 17.3 Å². The van der Waals surface area contributed by atoms with E-state index in [-0.39, 0.29) is 5.92 Å². The third kappa shape index (κ3) is 3.69. The fourth-order valence-electron chi connectivity index (χ4n) is 4.29. The molecule has 0 aromatic heterocycles. The van der Waals surface area contributed by atoms with E-state index in [0.717, 1.165) is 36.8 Å². The molecule has 0 saturated heterocycles. The van der Waals surface area contributed by atoms with Gasteiger partial charge in [0.25, 0.3) is 0 Å². The first kappa shape index (κ1) is 19.1. The van der Waals surface area contributed by atoms with Crippen LogP contribution in [0.25, 0.3) is 0 Å². The quantitative estimate of drug-likeness (QED) is 0.472. The van der Waals surface area contributed by atoms with Crippen LogP contribution in [-0.4, -0.2) is 16.3 Å². The van der Waals surface area contributed by atoms with Crippen LogP contribution in [-0.2, 0) is 0 Å². The van der Waals surface area contributed by atoms with Crippen LogP contribution in [0.3, 0.4) is 0 Å². The monoisotopic (exact) mass is 330 g/mol. The lowest BCUT2D eigenvalue weighted by Crippen LogP contribution is -2.46. The van der Waals surface area contributed by atoms with Crippen LogP contribution < -0.4 is 0 Å². The Kier molecular flexibility index (Phi) is 6.14. The highest BCUT2D eigenvalue weighted by Crippen LogP contribution is 2.51. The second kappa shape index (κ2) is 7.74. The van der Waals surface area contributed by atoms with Crippen molar-refractivity contribution in [1.29, 1.82) is 0 Å². The maximum atomic E-state index is 10.9. The normalized spacial score (nSPS) is 33.5. The molecule has 0 amide bonds. The van der Waals surface area contributed by atoms with E-state index in [1.54, 1.807) is 0 Å². The molecule has 0 fully saturated rings. The van der Waals surface area contributed by atoms with Gasteiger partial charge in [0.15, 0.2) is 0 Å². The van der Waals surface area contributed by atoms with E-state index >= 15 is 0 Å². The standard InChI is InChI=1S/C22H34O2/c1-6-7-8-9-17-13-20(23)22(5,21(24)14-17)19-12-16(4)10-11-18(19)15(2)3/h10,13-14,18-20,23-24H,2,6-9,11-12H2,1,3-5H3/t18-,19+,20?,22?/m0/s1. The van der Waals surface area contributed by atoms with Gasteiger partial charge in [0.05, 0.1) is 11.5 Å². The Balaban J connectivity index is 2.27. The minimum Gasteiger partial charge on any atom is -0.512 e. The van der Waals surface area contributed by atoms with Crippen molar-refractivity contribution in [2.75, 3.05) is 0 Å². The van der Waals surface area contributed by atoms with E-state index < -0.39 is 11.5 Å². The van der Waals surface area contributed by atoms with Gasteiger partial charge < -0.3 is 10.2 Å². The van der Waals surface area contributed by atoms with Gasteiger partial charge in [-0.3, -0.25) is 0 Å². The lowest BCUT2D eigenvalue weighted by atomic mass is 9.59. The van der Waals surface area contributed by atoms with Crippen molar-refractivity contribution in [2.24, 2.45) is 17.3 Å². The minimum atomic E-state index is -0.642. The lowest BCUT2D eigenvalue weighted by molar-refractivity contribution is -0.00118. The molecule has 2 unspecified atom stereocenters. The molecule has 0 aromatic rings. The van der Waals surface area contributed by atoms with E-state index in [4.69, 9.17) is 0 Å². The van der Waals surface area contributed by atoms with Gasteiger partial charge >= 0.3 is 0 Å². The second-order valence-electron chi connectivity index (χ2n) is 8.01. The highest BCUT2D eigenvalue weighted by Gasteiger charge is 2.48. The molecule has 0 radical (unpaired) electrons. The van der Waals surface area contributed by atoms with Crippen LogP contribution in [0.5, 0.6) is 0 Å². The molecule has 0 spiro atoms. The molecule has 0 saturated carbocycles. The summed E-state index contributed by atoms with van der Waals surface area (Å²) in [7, 11) is 0. The number of aliphatic hydroxyl groups is 2. The Bertz CT molecular complexity index is 567. The van der Waals surface area contributed by atoms with Crippen LogP contribution in [0.4, 0.5) is 0 Å². The van der Waals surface area contributed by atoms with Gasteiger partial charge in [0.2, 0.25) is 0 Å². The summed E-state index contributed by atoms with van der Waals surface area (Å²) >= 11 is 0. The largest absolute Gasteiger partial charge is 0.512 e. The summed E-state index contributed by atoms with van der Waals surface area (Å²) in [5.74, 6) is 0.827. The average molecular weight is 331 g/mol. The van der Waals surface area contributed by atoms with Gasteiger partial charge in [0.1, 0.15) is 5.76 Å². The molecule has 2 rings (SSSR count). The molecule has 0 aliphatic heterocycles. The van der Waals surface area contributed by atoms with Gasteiger partial charge in [-0.05, 0) is 69.9 Å². The number of hydrogen-bond donors (Lipinski definition) is 2. The summed E-state index contributed by atoms with van der Waals surface area (Å²) in [6.45, 7) is 12.6. The van der Waals surface area contributed by atoms with Crippen LogP contribution in [0.15, 0.2) is 47.3 Å². The third-order valence-corrected chi connectivity index (χ3v) is 6.08. The molecule has 2 aliphatic carbocycles. The Morgan fingerprint density at radius 2 is 2.08 bits per heavy atom. The zero-order chi connectivity index (χ0) is 17.9. The summed E-state index contributed by atoms with van der Waals surface area (Å²) in [5.41, 5.74) is 2.92. The molecule has 24 heavy (non-hydrogen) atoms. The topological polar surface area (TPSA) is 40.5 Å². The molecule has 2 nitrogen and oxygen atoms in total. The highest BCUT2D eigenvalue weighted by atomic mass is 16.3. The molecular weight excluding hydrogens is 296 g/mol. The first-order valence-corrected chi connectivity index (χ1v) is 9.41. The van der Waals surface area contributed by atoms with Crippen molar-refractivity contribution in [3.8, 4) is 0 Å². The van der Waals surface area contributed by atoms with Gasteiger partial charge in [-0.25, -0.2) is 0 Å². The van der Waals surface area contributed by atoms with Crippen molar-refractivity contribution in [3.05, 3.63) is 47.3 Å². The summed E-state index contributed by atoms with van der Waals surface area (Å²) in [4.78, 5) is 0. The summed E-state index contributed by atoms with van der Waals surface area (Å²) < 4.78 is 0. The van der Waals surface area contributed by atoms with Crippen LogP contribution in [0.2, 0.25) is 0 Å². The first-order chi connectivity index (χ1) is 11.3. The molecule has 0 heterocycles. The van der Waals surface area contributed by atoms with E-state index in [9.17, 15) is 10.2 Å². The number of rotatable bonds is 6. The predicted molar refractivity (Wildman–Crippen MR) is 102 cm³/mol. The summed E-state index contributed by atoms with van der Waals surface area (Å²) in [5, 5.41) is 21.8. The van der Waals surface area contributed by atoms with Crippen molar-refractivity contribution < 1.29 is 10.2 Å². The zero-order valence-electron chi connectivity index (χ0n) is 15.8. The SMILES string of the molecule is C=C(C)[C@@H]1CC=C(C)C[C@H]1C1(C)C(O)=CC(CCCCC)=CC1O. The molecule has 4 atom stereocenters. The Morgan fingerprint density at radius 3 is 2.67 bits per heavy atom. The van der Waals surface area contributed by atoms with Crippen LogP contribution in [0.1, 0.15) is 66.2 Å². The molecular formula is C22H34O2. The van der Waals surface area contributed by atoms with E-state index in [1.165, 1.54) is 18.4 Å². The maximum Gasteiger partial charge on any atom is 0.102 e. The maximum absolute atomic E-state index is 10.9. The van der Waals surface area contributed by atoms with E-state index in [1.807, 2.05) is 19.1 Å². The number of hydrogen-bond acceptors (Lipinski definition) is 2. The summed E-state index contributed by atoms with van der Waals surface area (Å²) in [6.07, 6.45) is 11.8. The summed E-state index contributed by atoms with van der Waals surface area (Å²) in [6, 6.07) is 0. The third-order valence-electron chi connectivity index (χ3n) is 6.08. The fraction of sp³-hybridized carbons (Fsp3) is 0.636. The fourth-order valence-corrected chi connectivity index (χ4v) is 4.29. The van der Waals surface area contributed by atoms with Crippen molar-refractivity contribution >= 4 is 0 Å². The Morgan fingerprint density at radius 1 is 1.38 bits per heavy atom. The Hall–Kier alpha value is -1.28. The van der Waals surface area contributed by atoms with E-state index in [0.29, 0.717) is 11.7 Å². The molecule has 2 N–H and O–H groups in total. The van der Waals surface area contributed by atoms with Gasteiger partial charge in [-0.1, -0.05) is 49.6 Å². The Labute approximate surface area is 147 Å². The number of unbranched alkanes of at least 4 members (excludes halogenated alkanes) is 2. The second-order valence-corrected chi connectivity index (χ2v) is 8.01. The average Bonchev–Trinajstić information content (AvgIpc) is 2.52. The number of aliphatic hydroxyl groups excluding tert-OH is 2. The van der Waals surface area contributed by atoms with Crippen molar-refractivity contribution in [1.82, 2.24) is 0 Å². The highest BCUT2D eigenvalue weighted by molar-refractivity contribution is 5.35. The van der Waals surface area contributed by atoms with Crippen molar-refractivity contribution in [3.63, 3.8) is 0 Å². The predicted octanol–water partition coefficient (Wildman–Crippen LogP) is 5.86.